The predicted molar refractivity (Wildman–Crippen MR) is 67.4 cm³/mol. The topological polar surface area (TPSA) is 51.2 Å². The lowest BCUT2D eigenvalue weighted by Gasteiger charge is -2.06. The van der Waals surface area contributed by atoms with Gasteiger partial charge in [0.2, 0.25) is 0 Å². The molecule has 0 saturated carbocycles. The fourth-order valence-electron chi connectivity index (χ4n) is 1.09. The second-order valence-corrected chi connectivity index (χ2v) is 7.26. The Balaban J connectivity index is 2.90. The van der Waals surface area contributed by atoms with Gasteiger partial charge in [-0.2, -0.15) is 0 Å². The van der Waals surface area contributed by atoms with Crippen molar-refractivity contribution in [3.8, 4) is 0 Å². The highest BCUT2D eigenvalue weighted by atomic mass is 79.9. The summed E-state index contributed by atoms with van der Waals surface area (Å²) in [6.45, 7) is 3.15. The molecule has 1 rings (SSSR count). The van der Waals surface area contributed by atoms with Crippen LogP contribution in [0.15, 0.2) is 28.7 Å². The third-order valence-electron chi connectivity index (χ3n) is 2.20. The van der Waals surface area contributed by atoms with Crippen LogP contribution in [0.25, 0.3) is 0 Å². The van der Waals surface area contributed by atoms with Crippen LogP contribution in [0.5, 0.6) is 0 Å². The van der Waals surface area contributed by atoms with E-state index in [9.17, 15) is 13.2 Å². The Bertz CT molecular complexity index is 492. The SMILES string of the molecule is CC(C)S(=O)(=O)CC(=O)c1cccc(Br)c1. The minimum atomic E-state index is -3.32. The number of sulfone groups is 1. The minimum absolute atomic E-state index is 0.366. The Morgan fingerprint density at radius 2 is 2.00 bits per heavy atom. The first-order valence-corrected chi connectivity index (χ1v) is 7.34. The van der Waals surface area contributed by atoms with Gasteiger partial charge in [-0.05, 0) is 26.0 Å². The third-order valence-corrected chi connectivity index (χ3v) is 4.79. The molecule has 0 unspecified atom stereocenters. The van der Waals surface area contributed by atoms with E-state index in [1.54, 1.807) is 38.1 Å². The summed E-state index contributed by atoms with van der Waals surface area (Å²) in [4.78, 5) is 11.7. The molecular formula is C11H13BrO3S. The standard InChI is InChI=1S/C11H13BrO3S/c1-8(2)16(14,15)7-11(13)9-4-3-5-10(12)6-9/h3-6,8H,7H2,1-2H3. The monoisotopic (exact) mass is 304 g/mol. The number of carbonyl (C=O) groups excluding carboxylic acids is 1. The highest BCUT2D eigenvalue weighted by Gasteiger charge is 2.21. The van der Waals surface area contributed by atoms with Crippen LogP contribution in [-0.4, -0.2) is 25.2 Å². The zero-order valence-electron chi connectivity index (χ0n) is 9.10. The largest absolute Gasteiger partial charge is 0.293 e. The number of benzene rings is 1. The van der Waals surface area contributed by atoms with Gasteiger partial charge in [0.05, 0.1) is 5.25 Å². The predicted octanol–water partition coefficient (Wildman–Crippen LogP) is 2.46. The Hall–Kier alpha value is -0.680. The first-order valence-electron chi connectivity index (χ1n) is 4.83. The second-order valence-electron chi connectivity index (χ2n) is 3.79. The van der Waals surface area contributed by atoms with E-state index in [0.717, 1.165) is 4.47 Å². The lowest BCUT2D eigenvalue weighted by atomic mass is 10.2. The maximum atomic E-state index is 11.7. The lowest BCUT2D eigenvalue weighted by Crippen LogP contribution is -2.23. The van der Waals surface area contributed by atoms with Gasteiger partial charge in [-0.15, -0.1) is 0 Å². The van der Waals surface area contributed by atoms with Crippen LogP contribution in [0, 0.1) is 0 Å². The van der Waals surface area contributed by atoms with E-state index in [-0.39, 0.29) is 5.78 Å². The van der Waals surface area contributed by atoms with Crippen LogP contribution in [-0.2, 0) is 9.84 Å². The summed E-state index contributed by atoms with van der Waals surface area (Å²) in [5, 5.41) is -0.524. The molecule has 0 aromatic heterocycles. The average Bonchev–Trinajstić information content (AvgIpc) is 2.16. The van der Waals surface area contributed by atoms with E-state index >= 15 is 0 Å². The van der Waals surface area contributed by atoms with E-state index in [1.807, 2.05) is 0 Å². The molecule has 0 heterocycles. The van der Waals surface area contributed by atoms with Gasteiger partial charge < -0.3 is 0 Å². The van der Waals surface area contributed by atoms with Crippen molar-refractivity contribution in [3.63, 3.8) is 0 Å². The number of hydrogen-bond acceptors (Lipinski definition) is 3. The van der Waals surface area contributed by atoms with Crippen molar-refractivity contribution in [2.75, 3.05) is 5.75 Å². The molecule has 0 fully saturated rings. The van der Waals surface area contributed by atoms with Crippen molar-refractivity contribution >= 4 is 31.6 Å². The quantitative estimate of drug-likeness (QED) is 0.803. The molecule has 1 aromatic rings. The van der Waals surface area contributed by atoms with Gasteiger partial charge in [0.15, 0.2) is 15.6 Å². The summed E-state index contributed by atoms with van der Waals surface area (Å²) >= 11 is 3.24. The highest BCUT2D eigenvalue weighted by Crippen LogP contribution is 2.13. The fourth-order valence-corrected chi connectivity index (χ4v) is 2.36. The molecule has 0 amide bonds. The second kappa shape index (κ2) is 5.10. The number of ketones is 1. The molecule has 0 aliphatic carbocycles. The van der Waals surface area contributed by atoms with Crippen LogP contribution < -0.4 is 0 Å². The number of Topliss-reactive ketones (excluding diaryl/α,β-unsaturated/α-hetero) is 1. The summed E-state index contributed by atoms with van der Waals surface area (Å²) in [5.74, 6) is -0.795. The normalized spacial score (nSPS) is 11.8. The number of rotatable bonds is 4. The van der Waals surface area contributed by atoms with Crippen LogP contribution >= 0.6 is 15.9 Å². The summed E-state index contributed by atoms with van der Waals surface area (Å²) in [6, 6.07) is 6.73. The third kappa shape index (κ3) is 3.42. The zero-order chi connectivity index (χ0) is 12.3. The molecule has 0 aliphatic heterocycles. The number of hydrogen-bond donors (Lipinski definition) is 0. The molecule has 0 atom stereocenters. The van der Waals surface area contributed by atoms with Gasteiger partial charge in [0.1, 0.15) is 5.75 Å². The van der Waals surface area contributed by atoms with Gasteiger partial charge in [-0.3, -0.25) is 4.79 Å². The van der Waals surface area contributed by atoms with Crippen molar-refractivity contribution in [3.05, 3.63) is 34.3 Å². The Morgan fingerprint density at radius 1 is 1.38 bits per heavy atom. The zero-order valence-corrected chi connectivity index (χ0v) is 11.5. The summed E-state index contributed by atoms with van der Waals surface area (Å²) in [6.07, 6.45) is 0. The van der Waals surface area contributed by atoms with Gasteiger partial charge in [-0.1, -0.05) is 28.1 Å². The van der Waals surface area contributed by atoms with Crippen LogP contribution in [0.1, 0.15) is 24.2 Å². The first kappa shape index (κ1) is 13.4. The van der Waals surface area contributed by atoms with Crippen molar-refractivity contribution in [1.82, 2.24) is 0 Å². The average molecular weight is 305 g/mol. The molecule has 0 radical (unpaired) electrons. The van der Waals surface area contributed by atoms with Crippen LogP contribution in [0.3, 0.4) is 0 Å². The van der Waals surface area contributed by atoms with Crippen molar-refractivity contribution in [1.29, 1.82) is 0 Å². The molecule has 88 valence electrons. The van der Waals surface area contributed by atoms with E-state index in [2.05, 4.69) is 15.9 Å². The Kier molecular flexibility index (Phi) is 4.27. The summed E-state index contributed by atoms with van der Waals surface area (Å²) in [7, 11) is -3.32. The van der Waals surface area contributed by atoms with Gasteiger partial charge in [0, 0.05) is 10.0 Å². The Morgan fingerprint density at radius 3 is 2.50 bits per heavy atom. The van der Waals surface area contributed by atoms with Crippen molar-refractivity contribution in [2.24, 2.45) is 0 Å². The van der Waals surface area contributed by atoms with Crippen molar-refractivity contribution in [2.45, 2.75) is 19.1 Å². The van der Waals surface area contributed by atoms with E-state index < -0.39 is 20.8 Å². The van der Waals surface area contributed by atoms with Crippen LogP contribution in [0.4, 0.5) is 0 Å². The summed E-state index contributed by atoms with van der Waals surface area (Å²) < 4.78 is 23.9. The lowest BCUT2D eigenvalue weighted by molar-refractivity contribution is 0.102. The van der Waals surface area contributed by atoms with E-state index in [4.69, 9.17) is 0 Å². The molecular weight excluding hydrogens is 292 g/mol. The smallest absolute Gasteiger partial charge is 0.177 e. The maximum Gasteiger partial charge on any atom is 0.177 e. The molecule has 5 heteroatoms. The molecule has 3 nitrogen and oxygen atoms in total. The van der Waals surface area contributed by atoms with Gasteiger partial charge in [0.25, 0.3) is 0 Å². The van der Waals surface area contributed by atoms with Gasteiger partial charge in [-0.25, -0.2) is 8.42 Å². The molecule has 0 bridgehead atoms. The maximum absolute atomic E-state index is 11.7. The highest BCUT2D eigenvalue weighted by molar-refractivity contribution is 9.10. The molecule has 0 aliphatic rings. The molecule has 0 saturated heterocycles. The summed E-state index contributed by atoms with van der Waals surface area (Å²) in [5.41, 5.74) is 0.415. The number of carbonyl (C=O) groups is 1. The Labute approximate surface area is 104 Å². The number of halogens is 1. The van der Waals surface area contributed by atoms with Gasteiger partial charge >= 0.3 is 0 Å². The van der Waals surface area contributed by atoms with E-state index in [0.29, 0.717) is 5.56 Å². The minimum Gasteiger partial charge on any atom is -0.293 e. The van der Waals surface area contributed by atoms with Crippen LogP contribution in [0.2, 0.25) is 0 Å². The molecule has 0 spiro atoms. The van der Waals surface area contributed by atoms with E-state index in [1.165, 1.54) is 0 Å². The molecule has 0 N–H and O–H groups in total. The molecule has 16 heavy (non-hydrogen) atoms. The first-order chi connectivity index (χ1) is 7.33. The molecule has 1 aromatic carbocycles. The van der Waals surface area contributed by atoms with Crippen molar-refractivity contribution < 1.29 is 13.2 Å². The fraction of sp³-hybridized carbons (Fsp3) is 0.364.